The molecule has 1 spiro atoms. The van der Waals surface area contributed by atoms with Crippen molar-refractivity contribution in [3.05, 3.63) is 34.3 Å². The minimum Gasteiger partial charge on any atom is -0.375 e. The molecule has 1 unspecified atom stereocenters. The van der Waals surface area contributed by atoms with Gasteiger partial charge >= 0.3 is 0 Å². The summed E-state index contributed by atoms with van der Waals surface area (Å²) < 4.78 is 6.08. The monoisotopic (exact) mass is 324 g/mol. The standard InChI is InChI=1S/C17H21ClO2S/c1-12-10-13(2-3-15(12)18)16(19)14-4-7-20-17(11-14)5-8-21-9-6-17/h2-3,10,14H,4-9,11H2,1H3. The van der Waals surface area contributed by atoms with E-state index in [0.29, 0.717) is 6.61 Å². The number of ether oxygens (including phenoxy) is 1. The Morgan fingerprint density at radius 1 is 1.38 bits per heavy atom. The lowest BCUT2D eigenvalue weighted by Crippen LogP contribution is -2.44. The van der Waals surface area contributed by atoms with Crippen LogP contribution in [0.4, 0.5) is 0 Å². The van der Waals surface area contributed by atoms with E-state index in [1.54, 1.807) is 0 Å². The summed E-state index contributed by atoms with van der Waals surface area (Å²) in [5.41, 5.74) is 1.73. The zero-order valence-electron chi connectivity index (χ0n) is 12.4. The van der Waals surface area contributed by atoms with Gasteiger partial charge in [0.05, 0.1) is 5.60 Å². The van der Waals surface area contributed by atoms with E-state index < -0.39 is 0 Å². The van der Waals surface area contributed by atoms with Crippen molar-refractivity contribution in [1.29, 1.82) is 0 Å². The predicted molar refractivity (Wildman–Crippen MR) is 88.5 cm³/mol. The predicted octanol–water partition coefficient (Wildman–Crippen LogP) is 4.52. The highest BCUT2D eigenvalue weighted by Crippen LogP contribution is 2.40. The van der Waals surface area contributed by atoms with Gasteiger partial charge < -0.3 is 4.74 Å². The summed E-state index contributed by atoms with van der Waals surface area (Å²) in [5.74, 6) is 2.67. The van der Waals surface area contributed by atoms with Crippen molar-refractivity contribution in [3.8, 4) is 0 Å². The Morgan fingerprint density at radius 2 is 2.14 bits per heavy atom. The van der Waals surface area contributed by atoms with Gasteiger partial charge in [0, 0.05) is 23.1 Å². The van der Waals surface area contributed by atoms with Crippen LogP contribution in [0.15, 0.2) is 18.2 Å². The molecule has 0 aliphatic carbocycles. The van der Waals surface area contributed by atoms with Crippen molar-refractivity contribution in [2.75, 3.05) is 18.1 Å². The Hall–Kier alpha value is -0.510. The van der Waals surface area contributed by atoms with Crippen LogP contribution in [0.5, 0.6) is 0 Å². The van der Waals surface area contributed by atoms with E-state index in [1.165, 1.54) is 0 Å². The molecule has 1 atom stereocenters. The molecule has 2 aliphatic rings. The van der Waals surface area contributed by atoms with Crippen molar-refractivity contribution < 1.29 is 9.53 Å². The van der Waals surface area contributed by atoms with Gasteiger partial charge in [-0.05, 0) is 67.9 Å². The van der Waals surface area contributed by atoms with Gasteiger partial charge in [-0.1, -0.05) is 11.6 Å². The van der Waals surface area contributed by atoms with Gasteiger partial charge in [-0.2, -0.15) is 11.8 Å². The average Bonchev–Trinajstić information content (AvgIpc) is 2.50. The zero-order valence-corrected chi connectivity index (χ0v) is 13.9. The number of ketones is 1. The number of carbonyl (C=O) groups excluding carboxylic acids is 1. The Morgan fingerprint density at radius 3 is 2.86 bits per heavy atom. The maximum atomic E-state index is 12.8. The van der Waals surface area contributed by atoms with Crippen LogP contribution in [0.25, 0.3) is 0 Å². The fraction of sp³-hybridized carbons (Fsp3) is 0.588. The Labute approximate surface area is 135 Å². The lowest BCUT2D eigenvalue weighted by molar-refractivity contribution is -0.0959. The molecule has 2 fully saturated rings. The second kappa shape index (κ2) is 6.31. The molecule has 4 heteroatoms. The SMILES string of the molecule is Cc1cc(C(=O)C2CCOC3(CCSCC3)C2)ccc1Cl. The van der Waals surface area contributed by atoms with Crippen LogP contribution in [0.3, 0.4) is 0 Å². The van der Waals surface area contributed by atoms with E-state index in [4.69, 9.17) is 16.3 Å². The number of hydrogen-bond acceptors (Lipinski definition) is 3. The third-order valence-corrected chi connectivity index (χ3v) is 6.12. The summed E-state index contributed by atoms with van der Waals surface area (Å²) in [5, 5.41) is 0.722. The molecule has 0 amide bonds. The fourth-order valence-electron chi connectivity index (χ4n) is 3.38. The first-order valence-electron chi connectivity index (χ1n) is 7.62. The van der Waals surface area contributed by atoms with E-state index in [-0.39, 0.29) is 17.3 Å². The maximum absolute atomic E-state index is 12.8. The minimum atomic E-state index is -0.0364. The van der Waals surface area contributed by atoms with Gasteiger partial charge in [-0.3, -0.25) is 4.79 Å². The first-order chi connectivity index (χ1) is 10.1. The van der Waals surface area contributed by atoms with E-state index in [1.807, 2.05) is 36.9 Å². The molecule has 0 bridgehead atoms. The number of Topliss-reactive ketones (excluding diaryl/α,β-unsaturated/α-hetero) is 1. The van der Waals surface area contributed by atoms with Crippen LogP contribution < -0.4 is 0 Å². The van der Waals surface area contributed by atoms with E-state index in [0.717, 1.165) is 53.3 Å². The summed E-state index contributed by atoms with van der Waals surface area (Å²) in [6, 6.07) is 5.61. The molecule has 2 saturated heterocycles. The van der Waals surface area contributed by atoms with Gasteiger partial charge in [0.1, 0.15) is 0 Å². The molecule has 3 rings (SSSR count). The van der Waals surface area contributed by atoms with Crippen LogP contribution in [0, 0.1) is 12.8 Å². The molecule has 21 heavy (non-hydrogen) atoms. The molecule has 0 radical (unpaired) electrons. The molecule has 0 saturated carbocycles. The largest absolute Gasteiger partial charge is 0.375 e. The summed E-state index contributed by atoms with van der Waals surface area (Å²) in [6.07, 6.45) is 3.89. The molecular weight excluding hydrogens is 304 g/mol. The zero-order chi connectivity index (χ0) is 14.9. The highest BCUT2D eigenvalue weighted by molar-refractivity contribution is 7.99. The quantitative estimate of drug-likeness (QED) is 0.748. The Kier molecular flexibility index (Phi) is 4.63. The fourth-order valence-corrected chi connectivity index (χ4v) is 4.73. The molecular formula is C17H21ClO2S. The molecule has 0 aromatic heterocycles. The van der Waals surface area contributed by atoms with Crippen LogP contribution in [-0.4, -0.2) is 29.5 Å². The van der Waals surface area contributed by atoms with Gasteiger partial charge in [-0.15, -0.1) is 0 Å². The van der Waals surface area contributed by atoms with Gasteiger partial charge in [-0.25, -0.2) is 0 Å². The van der Waals surface area contributed by atoms with E-state index in [2.05, 4.69) is 0 Å². The first-order valence-corrected chi connectivity index (χ1v) is 9.15. The molecule has 2 nitrogen and oxygen atoms in total. The molecule has 2 heterocycles. The topological polar surface area (TPSA) is 26.3 Å². The van der Waals surface area contributed by atoms with Crippen LogP contribution >= 0.6 is 23.4 Å². The maximum Gasteiger partial charge on any atom is 0.166 e. The van der Waals surface area contributed by atoms with Crippen LogP contribution in [0.1, 0.15) is 41.6 Å². The summed E-state index contributed by atoms with van der Waals surface area (Å²) >= 11 is 8.05. The van der Waals surface area contributed by atoms with Gasteiger partial charge in [0.25, 0.3) is 0 Å². The number of benzene rings is 1. The van der Waals surface area contributed by atoms with Crippen molar-refractivity contribution in [3.63, 3.8) is 0 Å². The van der Waals surface area contributed by atoms with Crippen molar-refractivity contribution in [2.24, 2.45) is 5.92 Å². The minimum absolute atomic E-state index is 0.0364. The van der Waals surface area contributed by atoms with Crippen molar-refractivity contribution in [1.82, 2.24) is 0 Å². The van der Waals surface area contributed by atoms with Crippen LogP contribution in [-0.2, 0) is 4.74 Å². The number of aryl methyl sites for hydroxylation is 1. The molecule has 0 N–H and O–H groups in total. The number of thioether (sulfide) groups is 1. The third-order valence-electron chi connectivity index (χ3n) is 4.71. The average molecular weight is 325 g/mol. The molecule has 114 valence electrons. The Bertz CT molecular complexity index is 532. The summed E-state index contributed by atoms with van der Waals surface area (Å²) in [4.78, 5) is 12.8. The van der Waals surface area contributed by atoms with Gasteiger partial charge in [0.2, 0.25) is 0 Å². The molecule has 1 aromatic carbocycles. The second-order valence-corrected chi connectivity index (χ2v) is 7.79. The smallest absolute Gasteiger partial charge is 0.166 e. The second-order valence-electron chi connectivity index (χ2n) is 6.16. The highest BCUT2D eigenvalue weighted by atomic mass is 35.5. The van der Waals surface area contributed by atoms with E-state index >= 15 is 0 Å². The summed E-state index contributed by atoms with van der Waals surface area (Å²) in [6.45, 7) is 2.66. The molecule has 1 aromatic rings. The molecule has 2 aliphatic heterocycles. The van der Waals surface area contributed by atoms with E-state index in [9.17, 15) is 4.79 Å². The highest BCUT2D eigenvalue weighted by Gasteiger charge is 2.41. The van der Waals surface area contributed by atoms with Crippen LogP contribution in [0.2, 0.25) is 5.02 Å². The lowest BCUT2D eigenvalue weighted by atomic mass is 9.78. The normalized spacial score (nSPS) is 25.0. The van der Waals surface area contributed by atoms with Crippen molar-refractivity contribution in [2.45, 2.75) is 38.2 Å². The third kappa shape index (κ3) is 3.30. The number of rotatable bonds is 2. The van der Waals surface area contributed by atoms with Crippen molar-refractivity contribution >= 4 is 29.1 Å². The number of halogens is 1. The number of carbonyl (C=O) groups is 1. The van der Waals surface area contributed by atoms with Gasteiger partial charge in [0.15, 0.2) is 5.78 Å². The Balaban J connectivity index is 1.76. The lowest BCUT2D eigenvalue weighted by Gasteiger charge is -2.43. The first kappa shape index (κ1) is 15.4. The summed E-state index contributed by atoms with van der Waals surface area (Å²) in [7, 11) is 0. The number of hydrogen-bond donors (Lipinski definition) is 0.